The number of unbranched alkanes of at least 4 members (excludes halogenated alkanes) is 2. The van der Waals surface area contributed by atoms with Crippen LogP contribution in [-0.4, -0.2) is 36.8 Å². The van der Waals surface area contributed by atoms with E-state index >= 15 is 0 Å². The Morgan fingerprint density at radius 2 is 0.907 bits per heavy atom. The molecule has 0 saturated heterocycles. The summed E-state index contributed by atoms with van der Waals surface area (Å²) in [6, 6.07) is 25.3. The van der Waals surface area contributed by atoms with Gasteiger partial charge < -0.3 is 0 Å². The summed E-state index contributed by atoms with van der Waals surface area (Å²) in [6.07, 6.45) is 12.9. The van der Waals surface area contributed by atoms with Gasteiger partial charge >= 0.3 is 301 Å². The molecule has 0 N–H and O–H groups in total. The molecule has 0 aliphatic carbocycles. The standard InChI is InChI=1S/C42H44S4.6CH3.2Sn/c1-5-9-11-27(7-3)21-29-13-15-35-31(23-29)25-37(45-35)39-33-17-19-44-42(33)40(34-18-20-43-41(34)39)38-26-32-24-30(14-16-36(32)46-38)22-28(8-4)12-10-6-2;;;;;;;;/h13-18,23-28H,5-12,21-22H2,1-4H3;6*1H3;;. The van der Waals surface area contributed by atoms with E-state index in [2.05, 4.69) is 141 Å². The van der Waals surface area contributed by atoms with E-state index in [0.29, 0.717) is 0 Å². The van der Waals surface area contributed by atoms with Crippen LogP contribution in [-0.2, 0) is 12.8 Å². The molecule has 0 fully saturated rings. The van der Waals surface area contributed by atoms with Crippen LogP contribution >= 0.6 is 45.3 Å². The van der Waals surface area contributed by atoms with Crippen molar-refractivity contribution in [2.75, 3.05) is 0 Å². The first-order valence-corrected chi connectivity index (χ1v) is 44.1. The summed E-state index contributed by atoms with van der Waals surface area (Å²) >= 11 is 3.55. The molecule has 4 aromatic heterocycles. The van der Waals surface area contributed by atoms with Crippen molar-refractivity contribution in [1.29, 1.82) is 0 Å². The van der Waals surface area contributed by atoms with Gasteiger partial charge in [0.15, 0.2) is 0 Å². The second-order valence-corrected chi connectivity index (χ2v) is 53.3. The van der Waals surface area contributed by atoms with Gasteiger partial charge in [-0.2, -0.15) is 0 Å². The predicted molar refractivity (Wildman–Crippen MR) is 259 cm³/mol. The number of hydrogen-bond acceptors (Lipinski definition) is 4. The topological polar surface area (TPSA) is 0 Å². The molecule has 2 unspecified atom stereocenters. The molecule has 0 aliphatic rings. The molecule has 3 aromatic carbocycles. The summed E-state index contributed by atoms with van der Waals surface area (Å²) < 4.78 is 9.31. The molecule has 0 spiro atoms. The van der Waals surface area contributed by atoms with E-state index in [1.54, 1.807) is 5.79 Å². The molecule has 0 amide bonds. The number of rotatable bonds is 16. The first-order chi connectivity index (χ1) is 25.8. The molecule has 0 nitrogen and oxygen atoms in total. The van der Waals surface area contributed by atoms with Crippen molar-refractivity contribution >= 4 is 128 Å². The second-order valence-electron chi connectivity index (χ2n) is 18.2. The molecule has 0 bridgehead atoms. The fourth-order valence-electron chi connectivity index (χ4n) is 8.24. The number of benzene rings is 3. The van der Waals surface area contributed by atoms with Gasteiger partial charge in [0.25, 0.3) is 0 Å². The van der Waals surface area contributed by atoms with Gasteiger partial charge in [-0.1, -0.05) is 53.4 Å². The molecule has 6 heteroatoms. The molecule has 4 heterocycles. The van der Waals surface area contributed by atoms with E-state index in [-0.39, 0.29) is 0 Å². The summed E-state index contributed by atoms with van der Waals surface area (Å²) in [7, 11) is 0. The molecule has 0 aliphatic heterocycles. The summed E-state index contributed by atoms with van der Waals surface area (Å²) in [5.41, 5.74) is 6.07. The van der Waals surface area contributed by atoms with Crippen molar-refractivity contribution in [3.8, 4) is 20.9 Å². The van der Waals surface area contributed by atoms with Crippen LogP contribution in [0.4, 0.5) is 0 Å². The monoisotopic (exact) mass is 1010 g/mol. The quantitative estimate of drug-likeness (QED) is 0.0847. The SMILES string of the molecule is CCCCC(CC)Cc1ccc2sc(-c3c4c[c]([Sn]([CH3])([CH3])[CH3])sc4c(-c4cc5cc(CC(CC)CCCC)ccc5s4)c4c[c]([Sn]([CH3])([CH3])[CH3])sc34)cc2c1. The third-order valence-corrected chi connectivity index (χ3v) is 35.2. The normalized spacial score (nSPS) is 14.0. The molecule has 7 rings (SSSR count). The van der Waals surface area contributed by atoms with E-state index in [1.807, 2.05) is 22.7 Å². The van der Waals surface area contributed by atoms with Gasteiger partial charge in [0.2, 0.25) is 0 Å². The molecule has 286 valence electrons. The average molecular weight is 1000 g/mol. The maximum absolute atomic E-state index is 2.68. The second kappa shape index (κ2) is 17.1. The van der Waals surface area contributed by atoms with Crippen molar-refractivity contribution in [2.24, 2.45) is 11.8 Å². The number of hydrogen-bond donors (Lipinski definition) is 0. The van der Waals surface area contributed by atoms with E-state index in [4.69, 9.17) is 0 Å². The van der Waals surface area contributed by atoms with Crippen LogP contribution in [0.25, 0.3) is 61.2 Å². The fourth-order valence-corrected chi connectivity index (χ4v) is 23.5. The van der Waals surface area contributed by atoms with Crippen LogP contribution < -0.4 is 5.79 Å². The van der Waals surface area contributed by atoms with Crippen molar-refractivity contribution in [3.05, 3.63) is 71.8 Å². The van der Waals surface area contributed by atoms with Crippen molar-refractivity contribution < 1.29 is 0 Å². The Morgan fingerprint density at radius 3 is 1.26 bits per heavy atom. The zero-order chi connectivity index (χ0) is 38.4. The first kappa shape index (κ1) is 41.3. The molecule has 7 aromatic rings. The minimum atomic E-state index is -2.40. The zero-order valence-corrected chi connectivity index (χ0v) is 43.6. The molecule has 2 atom stereocenters. The number of thiophene rings is 4. The maximum atomic E-state index is 2.68. The van der Waals surface area contributed by atoms with Gasteiger partial charge in [0.05, 0.1) is 0 Å². The van der Waals surface area contributed by atoms with Gasteiger partial charge in [-0.3, -0.25) is 0 Å². The van der Waals surface area contributed by atoms with Crippen LogP contribution in [0.15, 0.2) is 60.7 Å². The molecular formula is C48H62S4Sn2. The number of fused-ring (bicyclic) bond motifs is 4. The Labute approximate surface area is 350 Å². The Bertz CT molecular complexity index is 2160. The molecule has 0 saturated carbocycles. The summed E-state index contributed by atoms with van der Waals surface area (Å²) in [4.78, 5) is 18.5. The van der Waals surface area contributed by atoms with Crippen molar-refractivity contribution in [1.82, 2.24) is 0 Å². The van der Waals surface area contributed by atoms with E-state index < -0.39 is 36.8 Å². The van der Waals surface area contributed by atoms with Gasteiger partial charge in [0, 0.05) is 0 Å². The fraction of sp³-hybridized carbons (Fsp3) is 0.458. The van der Waals surface area contributed by atoms with Gasteiger partial charge in [-0.05, 0) is 0 Å². The zero-order valence-electron chi connectivity index (χ0n) is 34.6. The van der Waals surface area contributed by atoms with Crippen LogP contribution in [0.5, 0.6) is 0 Å². The Kier molecular flexibility index (Phi) is 13.1. The Morgan fingerprint density at radius 1 is 0.500 bits per heavy atom. The van der Waals surface area contributed by atoms with Crippen LogP contribution in [0.1, 0.15) is 90.2 Å². The summed E-state index contributed by atoms with van der Waals surface area (Å²) in [5.74, 6) is 1.57. The molecular weight excluding hydrogens is 942 g/mol. The van der Waals surface area contributed by atoms with Gasteiger partial charge in [-0.25, -0.2) is 0 Å². The molecule has 54 heavy (non-hydrogen) atoms. The van der Waals surface area contributed by atoms with Crippen molar-refractivity contribution in [2.45, 2.75) is 122 Å². The predicted octanol–water partition coefficient (Wildman–Crippen LogP) is 16.5. The first-order valence-electron chi connectivity index (χ1n) is 20.9. The average Bonchev–Trinajstić information content (AvgIpc) is 3.94. The molecule has 0 radical (unpaired) electrons. The van der Waals surface area contributed by atoms with Gasteiger partial charge in [-0.15, -0.1) is 0 Å². The third kappa shape index (κ3) is 8.74. The van der Waals surface area contributed by atoms with Crippen LogP contribution in [0.2, 0.25) is 29.6 Å². The Balaban J connectivity index is 1.41. The van der Waals surface area contributed by atoms with E-state index in [0.717, 1.165) is 11.8 Å². The van der Waals surface area contributed by atoms with Crippen LogP contribution in [0.3, 0.4) is 0 Å². The Hall–Kier alpha value is -0.903. The van der Waals surface area contributed by atoms with Gasteiger partial charge in [0.1, 0.15) is 0 Å². The van der Waals surface area contributed by atoms with E-state index in [9.17, 15) is 0 Å². The minimum absolute atomic E-state index is 0.785. The van der Waals surface area contributed by atoms with E-state index in [1.165, 1.54) is 137 Å². The van der Waals surface area contributed by atoms with Crippen molar-refractivity contribution in [3.63, 3.8) is 0 Å². The summed E-state index contributed by atoms with van der Waals surface area (Å²) in [6.45, 7) is 9.40. The van der Waals surface area contributed by atoms with Crippen LogP contribution in [0, 0.1) is 11.8 Å². The third-order valence-electron chi connectivity index (χ3n) is 11.7. The summed E-state index contributed by atoms with van der Waals surface area (Å²) in [5, 5.41) is 5.89.